The van der Waals surface area contributed by atoms with E-state index in [4.69, 9.17) is 4.74 Å². The number of hydrogen-bond acceptors (Lipinski definition) is 5. The Kier molecular flexibility index (Phi) is 4.02. The fourth-order valence-corrected chi connectivity index (χ4v) is 4.56. The van der Waals surface area contributed by atoms with Crippen LogP contribution in [0.3, 0.4) is 0 Å². The van der Waals surface area contributed by atoms with E-state index in [1.54, 1.807) is 24.6 Å². The first-order valence-corrected chi connectivity index (χ1v) is 9.20. The van der Waals surface area contributed by atoms with Gasteiger partial charge in [0.05, 0.1) is 18.2 Å². The number of likely N-dealkylation sites (tertiary alicyclic amines) is 1. The summed E-state index contributed by atoms with van der Waals surface area (Å²) in [5.74, 6) is 0.970. The summed E-state index contributed by atoms with van der Waals surface area (Å²) in [5.41, 5.74) is 1.92. The summed E-state index contributed by atoms with van der Waals surface area (Å²) >= 11 is 1.64. The number of carbonyl (C=O) groups excluding carboxylic acids is 1. The number of thiophene rings is 1. The van der Waals surface area contributed by atoms with Crippen molar-refractivity contribution in [3.05, 3.63) is 40.7 Å². The molecule has 0 radical (unpaired) electrons. The van der Waals surface area contributed by atoms with Crippen molar-refractivity contribution in [2.45, 2.75) is 19.4 Å². The number of aromatic nitrogens is 1. The predicted octanol–water partition coefficient (Wildman–Crippen LogP) is 2.78. The number of nitrogens with zero attached hydrogens (tertiary/aromatic N) is 3. The van der Waals surface area contributed by atoms with Gasteiger partial charge in [0, 0.05) is 36.8 Å². The molecule has 1 atom stereocenters. The Bertz CT molecular complexity index is 734. The van der Waals surface area contributed by atoms with Gasteiger partial charge in [0.1, 0.15) is 0 Å². The lowest BCUT2D eigenvalue weighted by Gasteiger charge is -2.23. The van der Waals surface area contributed by atoms with Gasteiger partial charge in [0.2, 0.25) is 11.8 Å². The van der Waals surface area contributed by atoms with E-state index in [9.17, 15) is 4.79 Å². The Labute approximate surface area is 145 Å². The van der Waals surface area contributed by atoms with Crippen molar-refractivity contribution < 1.29 is 9.53 Å². The van der Waals surface area contributed by atoms with Gasteiger partial charge >= 0.3 is 0 Å². The van der Waals surface area contributed by atoms with Crippen LogP contribution in [-0.2, 0) is 11.3 Å². The zero-order chi connectivity index (χ0) is 16.6. The maximum Gasteiger partial charge on any atom is 0.234 e. The van der Waals surface area contributed by atoms with Crippen LogP contribution in [0.1, 0.15) is 18.4 Å². The molecule has 2 saturated heterocycles. The lowest BCUT2D eigenvalue weighted by atomic mass is 9.85. The second-order valence-electron chi connectivity index (χ2n) is 6.60. The molecule has 24 heavy (non-hydrogen) atoms. The molecule has 2 aromatic rings. The quantitative estimate of drug-likeness (QED) is 0.856. The van der Waals surface area contributed by atoms with Crippen molar-refractivity contribution in [3.63, 3.8) is 0 Å². The van der Waals surface area contributed by atoms with Crippen molar-refractivity contribution >= 4 is 22.9 Å². The van der Waals surface area contributed by atoms with Gasteiger partial charge in [-0.1, -0.05) is 6.07 Å². The van der Waals surface area contributed by atoms with Crippen molar-refractivity contribution in [2.24, 2.45) is 5.41 Å². The maximum atomic E-state index is 13.0. The van der Waals surface area contributed by atoms with E-state index in [-0.39, 0.29) is 5.41 Å². The Morgan fingerprint density at radius 3 is 3.00 bits per heavy atom. The van der Waals surface area contributed by atoms with E-state index in [1.807, 2.05) is 28.5 Å². The minimum absolute atomic E-state index is 0.211. The van der Waals surface area contributed by atoms with Crippen LogP contribution in [0.5, 0.6) is 5.88 Å². The van der Waals surface area contributed by atoms with Crippen LogP contribution in [-0.4, -0.2) is 42.5 Å². The maximum absolute atomic E-state index is 13.0. The lowest BCUT2D eigenvalue weighted by Crippen LogP contribution is -2.36. The number of pyridine rings is 1. The second-order valence-corrected chi connectivity index (χ2v) is 7.38. The first-order chi connectivity index (χ1) is 11.7. The number of rotatable bonds is 4. The molecule has 0 N–H and O–H groups in total. The highest BCUT2D eigenvalue weighted by Gasteiger charge is 2.51. The standard InChI is InChI=1S/C18H21N3O2S/c1-23-16-14(3-2-7-19-16)11-20-8-5-18(13-20)6-9-21(17(18)22)15-4-10-24-12-15/h2-4,7,10,12H,5-6,8-9,11,13H2,1H3. The monoisotopic (exact) mass is 343 g/mol. The average Bonchev–Trinajstić information content (AvgIpc) is 3.32. The van der Waals surface area contributed by atoms with Crippen LogP contribution in [0, 0.1) is 5.41 Å². The molecule has 126 valence electrons. The zero-order valence-electron chi connectivity index (χ0n) is 13.8. The van der Waals surface area contributed by atoms with E-state index in [1.165, 1.54) is 0 Å². The highest BCUT2D eigenvalue weighted by Crippen LogP contribution is 2.43. The molecule has 4 rings (SSSR count). The molecule has 5 nitrogen and oxygen atoms in total. The normalized spacial score (nSPS) is 24.2. The molecule has 2 aromatic heterocycles. The van der Waals surface area contributed by atoms with Crippen LogP contribution in [0.2, 0.25) is 0 Å². The Morgan fingerprint density at radius 1 is 1.33 bits per heavy atom. The van der Waals surface area contributed by atoms with E-state index >= 15 is 0 Å². The highest BCUT2D eigenvalue weighted by atomic mass is 32.1. The molecule has 4 heterocycles. The lowest BCUT2D eigenvalue weighted by molar-refractivity contribution is -0.125. The van der Waals surface area contributed by atoms with Gasteiger partial charge in [-0.3, -0.25) is 9.69 Å². The molecule has 6 heteroatoms. The van der Waals surface area contributed by atoms with Crippen molar-refractivity contribution in [2.75, 3.05) is 31.6 Å². The molecule has 0 aromatic carbocycles. The smallest absolute Gasteiger partial charge is 0.234 e. The zero-order valence-corrected chi connectivity index (χ0v) is 14.6. The third-order valence-electron chi connectivity index (χ3n) is 5.20. The SMILES string of the molecule is COc1ncccc1CN1CCC2(CCN(c3ccsc3)C2=O)C1. The Morgan fingerprint density at radius 2 is 2.21 bits per heavy atom. The molecular weight excluding hydrogens is 322 g/mol. The van der Waals surface area contributed by atoms with E-state index < -0.39 is 0 Å². The van der Waals surface area contributed by atoms with Crippen LogP contribution in [0.15, 0.2) is 35.2 Å². The number of ether oxygens (including phenoxy) is 1. The molecule has 0 bridgehead atoms. The summed E-state index contributed by atoms with van der Waals surface area (Å²) < 4.78 is 5.35. The summed E-state index contributed by atoms with van der Waals surface area (Å²) in [6.45, 7) is 3.38. The van der Waals surface area contributed by atoms with Gasteiger partial charge in [0.15, 0.2) is 0 Å². The number of carbonyl (C=O) groups is 1. The van der Waals surface area contributed by atoms with Crippen molar-refractivity contribution in [1.29, 1.82) is 0 Å². The third kappa shape index (κ3) is 2.59. The fourth-order valence-electron chi connectivity index (χ4n) is 3.92. The molecule has 1 spiro atoms. The van der Waals surface area contributed by atoms with E-state index in [2.05, 4.69) is 15.3 Å². The first-order valence-electron chi connectivity index (χ1n) is 8.26. The first kappa shape index (κ1) is 15.6. The van der Waals surface area contributed by atoms with Gasteiger partial charge in [-0.05, 0) is 36.9 Å². The Hall–Kier alpha value is -1.92. The fraction of sp³-hybridized carbons (Fsp3) is 0.444. The summed E-state index contributed by atoms with van der Waals surface area (Å²) in [6.07, 6.45) is 3.63. The Balaban J connectivity index is 1.47. The van der Waals surface area contributed by atoms with Gasteiger partial charge < -0.3 is 9.64 Å². The molecule has 2 fully saturated rings. The molecule has 1 amide bonds. The largest absolute Gasteiger partial charge is 0.481 e. The highest BCUT2D eigenvalue weighted by molar-refractivity contribution is 7.08. The van der Waals surface area contributed by atoms with Crippen molar-refractivity contribution in [3.8, 4) is 5.88 Å². The molecule has 1 unspecified atom stereocenters. The average molecular weight is 343 g/mol. The predicted molar refractivity (Wildman–Crippen MR) is 94.4 cm³/mol. The molecular formula is C18H21N3O2S. The second kappa shape index (κ2) is 6.18. The summed E-state index contributed by atoms with van der Waals surface area (Å²) in [4.78, 5) is 21.6. The van der Waals surface area contributed by atoms with Crippen molar-refractivity contribution in [1.82, 2.24) is 9.88 Å². The number of methoxy groups -OCH3 is 1. The van der Waals surface area contributed by atoms with Crippen LogP contribution in [0.25, 0.3) is 0 Å². The van der Waals surface area contributed by atoms with Crippen LogP contribution < -0.4 is 9.64 Å². The summed E-state index contributed by atoms with van der Waals surface area (Å²) in [6, 6.07) is 6.02. The number of hydrogen-bond donors (Lipinski definition) is 0. The number of amides is 1. The summed E-state index contributed by atoms with van der Waals surface area (Å²) in [7, 11) is 1.65. The molecule has 0 saturated carbocycles. The van der Waals surface area contributed by atoms with Gasteiger partial charge in [-0.15, -0.1) is 0 Å². The van der Waals surface area contributed by atoms with Gasteiger partial charge in [-0.25, -0.2) is 4.98 Å². The molecule has 0 aliphatic carbocycles. The minimum atomic E-state index is -0.211. The van der Waals surface area contributed by atoms with Crippen LogP contribution in [0.4, 0.5) is 5.69 Å². The minimum Gasteiger partial charge on any atom is -0.481 e. The molecule has 2 aliphatic heterocycles. The van der Waals surface area contributed by atoms with E-state index in [0.29, 0.717) is 11.8 Å². The van der Waals surface area contributed by atoms with Gasteiger partial charge in [0.25, 0.3) is 0 Å². The molecule has 2 aliphatic rings. The topological polar surface area (TPSA) is 45.7 Å². The van der Waals surface area contributed by atoms with E-state index in [0.717, 1.165) is 50.3 Å². The van der Waals surface area contributed by atoms with Crippen LogP contribution >= 0.6 is 11.3 Å². The third-order valence-corrected chi connectivity index (χ3v) is 5.87. The summed E-state index contributed by atoms with van der Waals surface area (Å²) in [5, 5.41) is 4.09. The number of anilines is 1. The van der Waals surface area contributed by atoms with Gasteiger partial charge in [-0.2, -0.15) is 11.3 Å².